The number of unbranched alkanes of at least 4 members (excludes halogenated alkanes) is 1. The summed E-state index contributed by atoms with van der Waals surface area (Å²) in [7, 11) is 0. The number of ether oxygens (including phenoxy) is 1. The molecule has 2 aromatic rings. The molecule has 3 N–H and O–H groups in total. The van der Waals surface area contributed by atoms with E-state index in [9.17, 15) is 14.4 Å². The lowest BCUT2D eigenvalue weighted by Gasteiger charge is -2.35. The smallest absolute Gasteiger partial charge is 0.338 e. The Hall–Kier alpha value is -3.81. The van der Waals surface area contributed by atoms with E-state index < -0.39 is 12.0 Å². The standard InChI is InChI=1S/C28H36N4O4/c1-7-8-15-32-20(6)23(26(33)36-17(2)3)25(31-28(32)35)21-13-10-14-22(16-21)29-27(34)30-24-18(4)11-9-12-19(24)5/h9-14,16-17,25H,7-8,15H2,1-6H3,(H,31,35)(H2,29,30,34). The molecule has 0 saturated carbocycles. The lowest BCUT2D eigenvalue weighted by molar-refractivity contribution is -0.143. The molecule has 36 heavy (non-hydrogen) atoms. The molecule has 0 saturated heterocycles. The van der Waals surface area contributed by atoms with E-state index >= 15 is 0 Å². The van der Waals surface area contributed by atoms with Crippen LogP contribution in [0, 0.1) is 13.8 Å². The average Bonchev–Trinajstić information content (AvgIpc) is 2.80. The maximum atomic E-state index is 13.1. The van der Waals surface area contributed by atoms with Gasteiger partial charge in [0.25, 0.3) is 0 Å². The molecule has 1 heterocycles. The molecule has 0 radical (unpaired) electrons. The minimum absolute atomic E-state index is 0.266. The van der Waals surface area contributed by atoms with Crippen molar-refractivity contribution in [1.29, 1.82) is 0 Å². The molecular weight excluding hydrogens is 456 g/mol. The van der Waals surface area contributed by atoms with Crippen LogP contribution in [0.2, 0.25) is 0 Å². The number of nitrogens with one attached hydrogen (secondary N) is 3. The van der Waals surface area contributed by atoms with Crippen molar-refractivity contribution in [2.75, 3.05) is 17.2 Å². The molecule has 8 nitrogen and oxygen atoms in total. The number of urea groups is 2. The van der Waals surface area contributed by atoms with E-state index in [-0.39, 0.29) is 18.2 Å². The highest BCUT2D eigenvalue weighted by molar-refractivity contribution is 6.01. The van der Waals surface area contributed by atoms with Crippen LogP contribution in [0.5, 0.6) is 0 Å². The van der Waals surface area contributed by atoms with Gasteiger partial charge in [0.2, 0.25) is 0 Å². The summed E-state index contributed by atoms with van der Waals surface area (Å²) in [6.07, 6.45) is 1.43. The minimum Gasteiger partial charge on any atom is -0.459 e. The number of rotatable bonds is 8. The maximum absolute atomic E-state index is 13.1. The molecule has 2 aromatic carbocycles. The van der Waals surface area contributed by atoms with Gasteiger partial charge in [-0.1, -0.05) is 43.7 Å². The molecule has 4 amide bonds. The number of para-hydroxylation sites is 1. The predicted molar refractivity (Wildman–Crippen MR) is 142 cm³/mol. The Morgan fingerprint density at radius 1 is 1.06 bits per heavy atom. The first-order valence-corrected chi connectivity index (χ1v) is 12.4. The van der Waals surface area contributed by atoms with E-state index in [1.807, 2.05) is 45.0 Å². The number of benzene rings is 2. The molecule has 0 bridgehead atoms. The molecule has 192 valence electrons. The van der Waals surface area contributed by atoms with E-state index in [4.69, 9.17) is 4.74 Å². The van der Waals surface area contributed by atoms with Gasteiger partial charge in [-0.05, 0) is 69.9 Å². The largest absolute Gasteiger partial charge is 0.459 e. The Bertz CT molecular complexity index is 1150. The Balaban J connectivity index is 1.89. The molecule has 0 aliphatic carbocycles. The van der Waals surface area contributed by atoms with E-state index in [1.165, 1.54) is 0 Å². The molecule has 0 fully saturated rings. The summed E-state index contributed by atoms with van der Waals surface area (Å²) in [4.78, 5) is 40.4. The lowest BCUT2D eigenvalue weighted by Crippen LogP contribution is -2.48. The Labute approximate surface area is 213 Å². The normalized spacial score (nSPS) is 15.6. The van der Waals surface area contributed by atoms with Crippen LogP contribution in [0.25, 0.3) is 0 Å². The third-order valence-electron chi connectivity index (χ3n) is 6.09. The summed E-state index contributed by atoms with van der Waals surface area (Å²) >= 11 is 0. The summed E-state index contributed by atoms with van der Waals surface area (Å²) in [5.41, 5.74) is 4.85. The lowest BCUT2D eigenvalue weighted by atomic mass is 9.94. The number of allylic oxidation sites excluding steroid dienone is 1. The third-order valence-corrected chi connectivity index (χ3v) is 6.09. The molecule has 0 spiro atoms. The molecule has 1 unspecified atom stereocenters. The van der Waals surface area contributed by atoms with Crippen LogP contribution in [0.4, 0.5) is 21.0 Å². The van der Waals surface area contributed by atoms with Crippen molar-refractivity contribution in [2.45, 2.75) is 66.5 Å². The maximum Gasteiger partial charge on any atom is 0.338 e. The van der Waals surface area contributed by atoms with Gasteiger partial charge in [-0.15, -0.1) is 0 Å². The van der Waals surface area contributed by atoms with Crippen LogP contribution in [0.3, 0.4) is 0 Å². The number of hydrogen-bond acceptors (Lipinski definition) is 4. The molecule has 3 rings (SSSR count). The number of esters is 1. The van der Waals surface area contributed by atoms with Gasteiger partial charge >= 0.3 is 18.0 Å². The monoisotopic (exact) mass is 492 g/mol. The Morgan fingerprint density at radius 2 is 1.72 bits per heavy atom. The topological polar surface area (TPSA) is 99.8 Å². The zero-order valence-electron chi connectivity index (χ0n) is 21.9. The third kappa shape index (κ3) is 6.24. The molecular formula is C28H36N4O4. The molecule has 8 heteroatoms. The van der Waals surface area contributed by atoms with Crippen LogP contribution in [0.15, 0.2) is 53.7 Å². The number of amides is 4. The van der Waals surface area contributed by atoms with Gasteiger partial charge in [-0.2, -0.15) is 0 Å². The van der Waals surface area contributed by atoms with E-state index in [0.29, 0.717) is 29.1 Å². The minimum atomic E-state index is -0.704. The van der Waals surface area contributed by atoms with Gasteiger partial charge in [-0.25, -0.2) is 14.4 Å². The summed E-state index contributed by atoms with van der Waals surface area (Å²) in [6.45, 7) is 11.8. The summed E-state index contributed by atoms with van der Waals surface area (Å²) in [5, 5.41) is 8.72. The van der Waals surface area contributed by atoms with E-state index in [2.05, 4.69) is 16.0 Å². The highest BCUT2D eigenvalue weighted by Gasteiger charge is 2.36. The Kier molecular flexibility index (Phi) is 8.74. The van der Waals surface area contributed by atoms with Crippen LogP contribution in [-0.4, -0.2) is 35.6 Å². The summed E-state index contributed by atoms with van der Waals surface area (Å²) in [5.74, 6) is -0.472. The zero-order valence-corrected chi connectivity index (χ0v) is 21.9. The highest BCUT2D eigenvalue weighted by atomic mass is 16.5. The first kappa shape index (κ1) is 26.8. The van der Waals surface area contributed by atoms with Crippen LogP contribution < -0.4 is 16.0 Å². The van der Waals surface area contributed by atoms with Gasteiger partial charge in [-0.3, -0.25) is 4.90 Å². The number of carbonyl (C=O) groups is 3. The Morgan fingerprint density at radius 3 is 2.36 bits per heavy atom. The summed E-state index contributed by atoms with van der Waals surface area (Å²) in [6, 6.07) is 11.6. The highest BCUT2D eigenvalue weighted by Crippen LogP contribution is 2.33. The summed E-state index contributed by atoms with van der Waals surface area (Å²) < 4.78 is 5.53. The van der Waals surface area contributed by atoms with Gasteiger partial charge in [0, 0.05) is 23.6 Å². The van der Waals surface area contributed by atoms with Crippen molar-refractivity contribution >= 4 is 29.4 Å². The second-order valence-corrected chi connectivity index (χ2v) is 9.31. The average molecular weight is 493 g/mol. The number of carbonyl (C=O) groups excluding carboxylic acids is 3. The number of nitrogens with zero attached hydrogens (tertiary/aromatic N) is 1. The van der Waals surface area contributed by atoms with E-state index in [0.717, 1.165) is 29.7 Å². The van der Waals surface area contributed by atoms with Crippen LogP contribution in [-0.2, 0) is 9.53 Å². The quantitative estimate of drug-likeness (QED) is 0.391. The number of aryl methyl sites for hydroxylation is 2. The zero-order chi connectivity index (χ0) is 26.4. The predicted octanol–water partition coefficient (Wildman–Crippen LogP) is 6.04. The fourth-order valence-electron chi connectivity index (χ4n) is 4.24. The van der Waals surface area contributed by atoms with Gasteiger partial charge in [0.1, 0.15) is 0 Å². The molecule has 1 aliphatic heterocycles. The molecule has 0 aromatic heterocycles. The van der Waals surface area contributed by atoms with E-state index in [1.54, 1.807) is 43.9 Å². The van der Waals surface area contributed by atoms with Crippen molar-refractivity contribution in [3.63, 3.8) is 0 Å². The van der Waals surface area contributed by atoms with Gasteiger partial charge < -0.3 is 20.7 Å². The van der Waals surface area contributed by atoms with Crippen LogP contribution in [0.1, 0.15) is 63.3 Å². The number of anilines is 2. The molecule has 1 atom stereocenters. The van der Waals surface area contributed by atoms with Crippen molar-refractivity contribution in [2.24, 2.45) is 0 Å². The molecule has 1 aliphatic rings. The fraction of sp³-hybridized carbons (Fsp3) is 0.393. The van der Waals surface area contributed by atoms with Crippen molar-refractivity contribution in [3.8, 4) is 0 Å². The SMILES string of the molecule is CCCCN1C(=O)NC(c2cccc(NC(=O)Nc3c(C)cccc3C)c2)C(C(=O)OC(C)C)=C1C. The second kappa shape index (κ2) is 11.7. The first-order valence-electron chi connectivity index (χ1n) is 12.4. The van der Waals surface area contributed by atoms with Gasteiger partial charge in [0.15, 0.2) is 0 Å². The van der Waals surface area contributed by atoms with Crippen LogP contribution >= 0.6 is 0 Å². The first-order chi connectivity index (χ1) is 17.1. The van der Waals surface area contributed by atoms with Gasteiger partial charge in [0.05, 0.1) is 17.7 Å². The number of hydrogen-bond donors (Lipinski definition) is 3. The van der Waals surface area contributed by atoms with Crippen molar-refractivity contribution < 1.29 is 19.1 Å². The second-order valence-electron chi connectivity index (χ2n) is 9.31. The van der Waals surface area contributed by atoms with Crippen molar-refractivity contribution in [3.05, 3.63) is 70.4 Å². The van der Waals surface area contributed by atoms with Crippen molar-refractivity contribution in [1.82, 2.24) is 10.2 Å². The fourth-order valence-corrected chi connectivity index (χ4v) is 4.24.